The van der Waals surface area contributed by atoms with Crippen LogP contribution in [0.2, 0.25) is 0 Å². The summed E-state index contributed by atoms with van der Waals surface area (Å²) in [5.74, 6) is -6.19. The lowest BCUT2D eigenvalue weighted by Crippen LogP contribution is -2.54. The van der Waals surface area contributed by atoms with E-state index in [4.69, 9.17) is 29.4 Å². The average molecular weight is 973 g/mol. The molecule has 3 aliphatic rings. The van der Waals surface area contributed by atoms with Crippen LogP contribution >= 0.6 is 0 Å². The summed E-state index contributed by atoms with van der Waals surface area (Å²) in [5.41, 5.74) is 6.72. The number of nitrogens with two attached hydrogens (primary N) is 1. The molecule has 0 aromatic heterocycles. The normalized spacial score (nSPS) is 37.1. The molecule has 1 saturated heterocycles. The Morgan fingerprint density at radius 2 is 1.54 bits per heavy atom. The van der Waals surface area contributed by atoms with Crippen LogP contribution in [0.3, 0.4) is 0 Å². The lowest BCUT2D eigenvalue weighted by Gasteiger charge is -2.38. The number of hydrogen-bond donors (Lipinski definition) is 4. The van der Waals surface area contributed by atoms with E-state index in [1.807, 2.05) is 51.2 Å². The van der Waals surface area contributed by atoms with Crippen molar-refractivity contribution in [2.24, 2.45) is 41.2 Å². The van der Waals surface area contributed by atoms with E-state index in [-0.39, 0.29) is 74.5 Å². The summed E-state index contributed by atoms with van der Waals surface area (Å²) in [4.78, 5) is 82.9. The van der Waals surface area contributed by atoms with Gasteiger partial charge in [-0.05, 0) is 113 Å². The quantitative estimate of drug-likeness (QED) is 0.137. The summed E-state index contributed by atoms with van der Waals surface area (Å²) in [6.07, 6.45) is 8.34. The van der Waals surface area contributed by atoms with Crippen LogP contribution in [0, 0.1) is 35.5 Å². The standard InChI is InChI=1S/C53H84N2O14/c1-31-16-12-11-13-17-32(2)43(65-8)28-39(56)21-19-33(3)47(59)50(62)52(63)55-23-15-14-18-40(55)53(64)69-44(35(5)26-38-20-22-42(45(27-38)66-9)68-46(58)30-54)29-41(57)34(4)25-37(7)49(61)51(67-10)48(60)36(6)24-31/h11-13,16-17,25,31,33-36,38-40,42-45,47,49,51,56,59,61H,14-15,18-24,26-30,54H2,1-10H3/b13-11+,16-12+,32-17+,37-25+/t31-,33-,34-,35-,36-,38+,39+,40+,42-,43+,44+,45-,47+,49-,51+/m1/s1. The first-order valence-electron chi connectivity index (χ1n) is 25.0. The Morgan fingerprint density at radius 1 is 0.826 bits per heavy atom. The number of hydrogen-bond acceptors (Lipinski definition) is 15. The number of Topliss-reactive ketones (excluding diaryl/α,β-unsaturated/α-hetero) is 3. The van der Waals surface area contributed by atoms with Gasteiger partial charge < -0.3 is 49.6 Å². The van der Waals surface area contributed by atoms with Crippen molar-refractivity contribution in [2.75, 3.05) is 34.4 Å². The second-order valence-corrected chi connectivity index (χ2v) is 20.0. The fraction of sp³-hybridized carbons (Fsp3) is 0.736. The average Bonchev–Trinajstić information content (AvgIpc) is 3.33. The number of allylic oxidation sites excluding steroid dienone is 6. The van der Waals surface area contributed by atoms with Gasteiger partial charge in [-0.15, -0.1) is 0 Å². The number of piperidine rings is 1. The van der Waals surface area contributed by atoms with Gasteiger partial charge in [0.15, 0.2) is 5.78 Å². The molecular formula is C53H84N2O14. The SMILES string of the molecule is CO[C@H]1C[C@@H](O)CC[C@@H](C)[C@H](O)C(=O)C(=O)N2CCCC[C@H]2C(=O)O[C@H]([C@H](C)C[C@@H]2CC[C@@H](OC(=O)CN)[C@H](OC)C2)CC(=O)[C@H](C)/C=C(\C)[C@@H](O)[C@@H](OC)C(=O)[C@H](C)C[C@H](C)/C=C/C=C/C=C/1C. The predicted molar refractivity (Wildman–Crippen MR) is 260 cm³/mol. The Morgan fingerprint density at radius 3 is 2.19 bits per heavy atom. The van der Waals surface area contributed by atoms with Crippen LogP contribution in [0.1, 0.15) is 126 Å². The number of esters is 2. The van der Waals surface area contributed by atoms with Crippen LogP contribution in [0.4, 0.5) is 0 Å². The molecule has 1 aliphatic carbocycles. The smallest absolute Gasteiger partial charge is 0.329 e. The molecule has 15 atom stereocenters. The van der Waals surface area contributed by atoms with Crippen molar-refractivity contribution in [1.29, 1.82) is 0 Å². The van der Waals surface area contributed by atoms with Crippen LogP contribution in [-0.4, -0.2) is 145 Å². The molecule has 5 N–H and O–H groups in total. The van der Waals surface area contributed by atoms with Crippen molar-refractivity contribution in [3.63, 3.8) is 0 Å². The number of carbonyl (C=O) groups excluding carboxylic acids is 6. The molecule has 0 aromatic rings. The van der Waals surface area contributed by atoms with Crippen molar-refractivity contribution in [3.8, 4) is 0 Å². The Kier molecular flexibility index (Phi) is 25.4. The zero-order valence-electron chi connectivity index (χ0n) is 42.9. The summed E-state index contributed by atoms with van der Waals surface area (Å²) in [6, 6.07) is -1.14. The molecule has 0 unspecified atom stereocenters. The number of aliphatic hydroxyl groups is 3. The van der Waals surface area contributed by atoms with Gasteiger partial charge in [0.2, 0.25) is 5.78 Å². The Balaban J connectivity index is 1.98. The van der Waals surface area contributed by atoms with Gasteiger partial charge in [-0.2, -0.15) is 0 Å². The largest absolute Gasteiger partial charge is 0.460 e. The first-order chi connectivity index (χ1) is 32.7. The van der Waals surface area contributed by atoms with E-state index in [2.05, 4.69) is 0 Å². The minimum atomic E-state index is -1.68. The van der Waals surface area contributed by atoms with E-state index in [9.17, 15) is 44.1 Å². The third-order valence-corrected chi connectivity index (χ3v) is 14.4. The zero-order chi connectivity index (χ0) is 51.5. The Bertz CT molecular complexity index is 1830. The number of carbonyl (C=O) groups is 6. The first kappa shape index (κ1) is 59.4. The van der Waals surface area contributed by atoms with Crippen LogP contribution in [0.15, 0.2) is 47.6 Å². The van der Waals surface area contributed by atoms with E-state index >= 15 is 0 Å². The van der Waals surface area contributed by atoms with Crippen molar-refractivity contribution >= 4 is 35.2 Å². The second kappa shape index (κ2) is 29.4. The fourth-order valence-electron chi connectivity index (χ4n) is 9.93. The molecule has 3 rings (SSSR count). The highest BCUT2D eigenvalue weighted by Gasteiger charge is 2.42. The van der Waals surface area contributed by atoms with Gasteiger partial charge in [-0.1, -0.05) is 71.1 Å². The van der Waals surface area contributed by atoms with E-state index in [1.165, 1.54) is 12.0 Å². The van der Waals surface area contributed by atoms with Crippen molar-refractivity contribution in [1.82, 2.24) is 4.90 Å². The number of ether oxygens (including phenoxy) is 5. The summed E-state index contributed by atoms with van der Waals surface area (Å²) in [5, 5.41) is 33.6. The highest BCUT2D eigenvalue weighted by molar-refractivity contribution is 6.38. The summed E-state index contributed by atoms with van der Waals surface area (Å²) in [7, 11) is 4.46. The fourth-order valence-corrected chi connectivity index (χ4v) is 9.93. The van der Waals surface area contributed by atoms with Crippen LogP contribution in [-0.2, 0) is 52.5 Å². The number of fused-ring (bicyclic) bond motifs is 1. The Hall–Kier alpha value is -3.90. The summed E-state index contributed by atoms with van der Waals surface area (Å²) < 4.78 is 28.7. The van der Waals surface area contributed by atoms with Crippen molar-refractivity contribution in [2.45, 2.75) is 180 Å². The van der Waals surface area contributed by atoms with E-state index < -0.39 is 96.3 Å². The molecule has 0 spiro atoms. The molecule has 2 fully saturated rings. The van der Waals surface area contributed by atoms with Gasteiger partial charge >= 0.3 is 11.9 Å². The molecular weight excluding hydrogens is 889 g/mol. The molecule has 1 saturated carbocycles. The molecule has 390 valence electrons. The maximum Gasteiger partial charge on any atom is 0.329 e. The summed E-state index contributed by atoms with van der Waals surface area (Å²) in [6.45, 7) is 12.3. The predicted octanol–water partition coefficient (Wildman–Crippen LogP) is 5.32. The van der Waals surface area contributed by atoms with Crippen LogP contribution < -0.4 is 5.73 Å². The molecule has 2 aliphatic heterocycles. The maximum absolute atomic E-state index is 14.3. The maximum atomic E-state index is 14.3. The molecule has 1 amide bonds. The molecule has 0 bridgehead atoms. The third kappa shape index (κ3) is 18.0. The number of ketones is 3. The van der Waals surface area contributed by atoms with Gasteiger partial charge in [-0.3, -0.25) is 24.0 Å². The zero-order valence-corrected chi connectivity index (χ0v) is 42.9. The number of nitrogens with zero attached hydrogens (tertiary/aromatic N) is 1. The number of aliphatic hydroxyl groups excluding tert-OH is 3. The minimum Gasteiger partial charge on any atom is -0.460 e. The molecule has 2 heterocycles. The topological polar surface area (TPSA) is 239 Å². The van der Waals surface area contributed by atoms with E-state index in [1.54, 1.807) is 48.0 Å². The lowest BCUT2D eigenvalue weighted by molar-refractivity contribution is -0.167. The van der Waals surface area contributed by atoms with Gasteiger partial charge in [0, 0.05) is 52.6 Å². The number of methoxy groups -OCH3 is 3. The lowest BCUT2D eigenvalue weighted by atomic mass is 9.78. The van der Waals surface area contributed by atoms with Crippen molar-refractivity contribution in [3.05, 3.63) is 47.6 Å². The molecule has 0 aromatic carbocycles. The number of amides is 1. The molecule has 0 radical (unpaired) electrons. The number of rotatable bonds is 8. The summed E-state index contributed by atoms with van der Waals surface area (Å²) >= 11 is 0. The highest BCUT2D eigenvalue weighted by atomic mass is 16.6. The molecule has 16 heteroatoms. The second-order valence-electron chi connectivity index (χ2n) is 20.0. The molecule has 69 heavy (non-hydrogen) atoms. The molecule has 16 nitrogen and oxygen atoms in total. The van der Waals surface area contributed by atoms with Crippen LogP contribution in [0.25, 0.3) is 0 Å². The van der Waals surface area contributed by atoms with Gasteiger partial charge in [-0.25, -0.2) is 4.79 Å². The van der Waals surface area contributed by atoms with Crippen LogP contribution in [0.5, 0.6) is 0 Å². The van der Waals surface area contributed by atoms with Crippen molar-refractivity contribution < 1.29 is 67.8 Å². The minimum absolute atomic E-state index is 0.00604. The van der Waals surface area contributed by atoms with E-state index in [0.29, 0.717) is 50.5 Å². The third-order valence-electron chi connectivity index (χ3n) is 14.4. The van der Waals surface area contributed by atoms with Gasteiger partial charge in [0.25, 0.3) is 5.91 Å². The number of cyclic esters (lactones) is 1. The monoisotopic (exact) mass is 973 g/mol. The van der Waals surface area contributed by atoms with Gasteiger partial charge in [0.05, 0.1) is 24.9 Å². The van der Waals surface area contributed by atoms with E-state index in [0.717, 1.165) is 5.57 Å². The highest BCUT2D eigenvalue weighted by Crippen LogP contribution is 2.35. The van der Waals surface area contributed by atoms with Gasteiger partial charge in [0.1, 0.15) is 42.3 Å². The Labute approximate surface area is 410 Å². The first-order valence-corrected chi connectivity index (χ1v) is 25.0.